The second-order valence-corrected chi connectivity index (χ2v) is 9.37. The monoisotopic (exact) mass is 430 g/mol. The average Bonchev–Trinajstić information content (AvgIpc) is 3.16. The number of carbonyl (C=O) groups is 1. The van der Waals surface area contributed by atoms with Crippen LogP contribution < -0.4 is 0 Å². The zero-order chi connectivity index (χ0) is 20.3. The van der Waals surface area contributed by atoms with Crippen molar-refractivity contribution in [1.82, 2.24) is 19.5 Å². The zero-order valence-electron chi connectivity index (χ0n) is 15.3. The van der Waals surface area contributed by atoms with E-state index in [4.69, 9.17) is 30.7 Å². The number of ether oxygens (including phenoxy) is 2. The maximum atomic E-state index is 12.5. The minimum Gasteiger partial charge on any atom is -0.454 e. The first-order chi connectivity index (χ1) is 13.1. The molecule has 2 fully saturated rings. The smallest absolute Gasteiger partial charge is 0.454 e. The van der Waals surface area contributed by atoms with Crippen LogP contribution in [0.5, 0.6) is 0 Å². The summed E-state index contributed by atoms with van der Waals surface area (Å²) in [6.07, 6.45) is -0.683. The molecule has 2 saturated heterocycles. The second kappa shape index (κ2) is 6.68. The Bertz CT molecular complexity index is 1030. The molecular weight excluding hydrogens is 411 g/mol. The van der Waals surface area contributed by atoms with E-state index in [0.29, 0.717) is 15.8 Å². The molecule has 4 heterocycles. The molecule has 0 aromatic carbocycles. The summed E-state index contributed by atoms with van der Waals surface area (Å²) < 4.78 is 35.5. The summed E-state index contributed by atoms with van der Waals surface area (Å²) in [4.78, 5) is 33.4. The molecule has 0 saturated carbocycles. The lowest BCUT2D eigenvalue weighted by atomic mass is 9.97. The van der Waals surface area contributed by atoms with Gasteiger partial charge < -0.3 is 19.4 Å². The normalized spacial score (nSPS) is 33.0. The molecule has 2 aliphatic rings. The highest BCUT2D eigenvalue weighted by Crippen LogP contribution is 2.53. The average molecular weight is 430 g/mol. The van der Waals surface area contributed by atoms with Crippen molar-refractivity contribution in [3.8, 4) is 0 Å². The third-order valence-electron chi connectivity index (χ3n) is 4.45. The number of imidazole rings is 1. The van der Waals surface area contributed by atoms with Gasteiger partial charge >= 0.3 is 13.8 Å². The predicted octanol–water partition coefficient (Wildman–Crippen LogP) is 1.86. The molecule has 0 amide bonds. The molecule has 4 rings (SSSR count). The van der Waals surface area contributed by atoms with Crippen LogP contribution in [0, 0.1) is 10.1 Å². The molecule has 0 bridgehead atoms. The number of nitrogens with one attached hydrogen (secondary N) is 1. The molecule has 2 aliphatic heterocycles. The lowest BCUT2D eigenvalue weighted by Gasteiger charge is -2.30. The molecule has 2 aromatic heterocycles. The first kappa shape index (κ1) is 19.6. The van der Waals surface area contributed by atoms with Crippen LogP contribution in [0.4, 0.5) is 0 Å². The largest absolute Gasteiger partial charge is 0.472 e. The molecule has 152 valence electrons. The van der Waals surface area contributed by atoms with Crippen LogP contribution in [0.25, 0.3) is 11.2 Å². The Morgan fingerprint density at radius 1 is 1.46 bits per heavy atom. The van der Waals surface area contributed by atoms with Crippen molar-refractivity contribution in [3.05, 3.63) is 17.3 Å². The van der Waals surface area contributed by atoms with E-state index in [9.17, 15) is 14.3 Å². The highest BCUT2D eigenvalue weighted by molar-refractivity contribution is 7.71. The number of hydrogen-bond donors (Lipinski definition) is 2. The minimum absolute atomic E-state index is 0.178. The zero-order valence-corrected chi connectivity index (χ0v) is 17.0. The molecular formula is C15H19N4O7PS. The van der Waals surface area contributed by atoms with Gasteiger partial charge in [0.05, 0.1) is 24.7 Å². The van der Waals surface area contributed by atoms with E-state index in [1.165, 1.54) is 12.7 Å². The highest BCUT2D eigenvalue weighted by Gasteiger charge is 2.55. The van der Waals surface area contributed by atoms with Gasteiger partial charge in [-0.05, 0) is 20.8 Å². The van der Waals surface area contributed by atoms with Gasteiger partial charge in [0.2, 0.25) is 0 Å². The quantitative estimate of drug-likeness (QED) is 0.412. The van der Waals surface area contributed by atoms with Crippen LogP contribution in [0.15, 0.2) is 12.7 Å². The lowest BCUT2D eigenvalue weighted by molar-refractivity contribution is -0.167. The van der Waals surface area contributed by atoms with Crippen molar-refractivity contribution in [1.29, 1.82) is 0 Å². The summed E-state index contributed by atoms with van der Waals surface area (Å²) in [7, 11) is -4.27. The number of aromatic nitrogens is 4. The third kappa shape index (κ3) is 3.40. The van der Waals surface area contributed by atoms with Crippen molar-refractivity contribution >= 4 is 37.2 Å². The van der Waals surface area contributed by atoms with Gasteiger partial charge in [-0.2, -0.15) is 0 Å². The maximum Gasteiger partial charge on any atom is 0.472 e. The molecule has 0 aliphatic carbocycles. The van der Waals surface area contributed by atoms with Crippen molar-refractivity contribution in [2.75, 3.05) is 6.61 Å². The maximum absolute atomic E-state index is 12.5. The highest BCUT2D eigenvalue weighted by atomic mass is 32.1. The first-order valence-corrected chi connectivity index (χ1v) is 10.4. The number of aromatic amines is 1. The van der Waals surface area contributed by atoms with Gasteiger partial charge in [-0.3, -0.25) is 18.4 Å². The van der Waals surface area contributed by atoms with Crippen LogP contribution in [0.3, 0.4) is 0 Å². The molecule has 0 radical (unpaired) electrons. The summed E-state index contributed by atoms with van der Waals surface area (Å²) in [5.41, 5.74) is 0.160. The van der Waals surface area contributed by atoms with E-state index < -0.39 is 43.7 Å². The molecule has 11 nitrogen and oxygen atoms in total. The number of carbonyl (C=O) groups excluding carboxylic acids is 1. The van der Waals surface area contributed by atoms with E-state index >= 15 is 0 Å². The Labute approximate surface area is 164 Å². The number of nitrogens with zero attached hydrogens (tertiary/aromatic N) is 3. The fraction of sp³-hybridized carbons (Fsp3) is 0.600. The van der Waals surface area contributed by atoms with E-state index in [1.807, 2.05) is 0 Å². The van der Waals surface area contributed by atoms with Crippen molar-refractivity contribution < 1.29 is 32.8 Å². The SMILES string of the molecule is CC(C)(C)C(=O)O[C@@H]1[C@@H]2OP(=O)(O)OC[C@H]2O[C@H]1n1cnc2c(=S)nc[nH]c21. The number of phosphoric acid groups is 1. The van der Waals surface area contributed by atoms with E-state index in [1.54, 1.807) is 25.3 Å². The standard InChI is InChI=1S/C15H19N4O7PS/c1-15(2,3)14(20)25-10-9-7(4-23-27(21,22)26-9)24-13(10)19-6-18-8-11(19)16-5-17-12(8)28/h5-7,9-10,13H,4H2,1-3H3,(H,21,22)(H,16,17,28)/t7-,9-,10-,13-/m1/s1. The van der Waals surface area contributed by atoms with Gasteiger partial charge in [0.25, 0.3) is 0 Å². The Kier molecular flexibility index (Phi) is 4.68. The van der Waals surface area contributed by atoms with Gasteiger partial charge in [0, 0.05) is 0 Å². The van der Waals surface area contributed by atoms with Crippen LogP contribution in [-0.2, 0) is 27.9 Å². The summed E-state index contributed by atoms with van der Waals surface area (Å²) in [6.45, 7) is 4.93. The predicted molar refractivity (Wildman–Crippen MR) is 96.6 cm³/mol. The number of esters is 1. The molecule has 2 N–H and O–H groups in total. The Morgan fingerprint density at radius 3 is 2.93 bits per heavy atom. The van der Waals surface area contributed by atoms with Crippen molar-refractivity contribution in [3.63, 3.8) is 0 Å². The Balaban J connectivity index is 1.75. The van der Waals surface area contributed by atoms with Crippen molar-refractivity contribution in [2.24, 2.45) is 5.41 Å². The van der Waals surface area contributed by atoms with Gasteiger partial charge in [-0.1, -0.05) is 12.2 Å². The summed E-state index contributed by atoms with van der Waals surface area (Å²) >= 11 is 5.17. The second-order valence-electron chi connectivity index (χ2n) is 7.58. The molecule has 5 atom stereocenters. The number of fused-ring (bicyclic) bond motifs is 2. The molecule has 28 heavy (non-hydrogen) atoms. The summed E-state index contributed by atoms with van der Waals surface area (Å²) in [5, 5.41) is 0. The molecule has 1 unspecified atom stereocenters. The minimum atomic E-state index is -4.27. The summed E-state index contributed by atoms with van der Waals surface area (Å²) in [5.74, 6) is -0.506. The number of rotatable bonds is 2. The van der Waals surface area contributed by atoms with Gasteiger partial charge in [0.1, 0.15) is 23.4 Å². The van der Waals surface area contributed by atoms with Crippen LogP contribution in [0.2, 0.25) is 0 Å². The van der Waals surface area contributed by atoms with Gasteiger partial charge in [-0.25, -0.2) is 14.5 Å². The summed E-state index contributed by atoms with van der Waals surface area (Å²) in [6, 6.07) is 0. The molecule has 0 spiro atoms. The first-order valence-electron chi connectivity index (χ1n) is 8.49. The van der Waals surface area contributed by atoms with E-state index in [-0.39, 0.29) is 6.61 Å². The van der Waals surface area contributed by atoms with Crippen molar-refractivity contribution in [2.45, 2.75) is 45.3 Å². The number of phosphoric ester groups is 1. The van der Waals surface area contributed by atoms with E-state index in [2.05, 4.69) is 15.0 Å². The number of H-pyrrole nitrogens is 1. The Hall–Kier alpha value is -1.69. The van der Waals surface area contributed by atoms with E-state index in [0.717, 1.165) is 0 Å². The van der Waals surface area contributed by atoms with Crippen LogP contribution in [-0.4, -0.2) is 55.3 Å². The molecule has 2 aromatic rings. The fourth-order valence-corrected chi connectivity index (χ4v) is 4.20. The van der Waals surface area contributed by atoms with Gasteiger partial charge in [0.15, 0.2) is 17.0 Å². The number of hydrogen-bond acceptors (Lipinski definition) is 9. The topological polar surface area (TPSA) is 138 Å². The molecule has 13 heteroatoms. The third-order valence-corrected chi connectivity index (χ3v) is 5.74. The van der Waals surface area contributed by atoms with Gasteiger partial charge in [-0.15, -0.1) is 0 Å². The Morgan fingerprint density at radius 2 is 2.21 bits per heavy atom. The lowest BCUT2D eigenvalue weighted by Crippen LogP contribution is -2.43. The van der Waals surface area contributed by atoms with Crippen LogP contribution in [0.1, 0.15) is 27.0 Å². The fourth-order valence-electron chi connectivity index (χ4n) is 3.04. The van der Waals surface area contributed by atoms with Crippen LogP contribution >= 0.6 is 20.0 Å².